The van der Waals surface area contributed by atoms with Gasteiger partial charge in [0.1, 0.15) is 16.8 Å². The lowest BCUT2D eigenvalue weighted by atomic mass is 10.2. The number of methoxy groups -OCH3 is 1. The fourth-order valence-electron chi connectivity index (χ4n) is 3.79. The van der Waals surface area contributed by atoms with Crippen LogP contribution in [-0.4, -0.2) is 33.3 Å². The lowest BCUT2D eigenvalue weighted by molar-refractivity contribution is -0.113. The number of aromatic nitrogens is 3. The molecule has 34 heavy (non-hydrogen) atoms. The van der Waals surface area contributed by atoms with Crippen molar-refractivity contribution in [2.75, 3.05) is 18.2 Å². The van der Waals surface area contributed by atoms with E-state index in [1.54, 1.807) is 23.8 Å². The molecule has 2 aromatic heterocycles. The molecule has 0 bridgehead atoms. The van der Waals surface area contributed by atoms with E-state index in [9.17, 15) is 9.59 Å². The van der Waals surface area contributed by atoms with Gasteiger partial charge in [-0.2, -0.15) is 0 Å². The van der Waals surface area contributed by atoms with Crippen molar-refractivity contribution in [2.45, 2.75) is 12.1 Å². The molecule has 1 amide bonds. The summed E-state index contributed by atoms with van der Waals surface area (Å²) >= 11 is 1.22. The van der Waals surface area contributed by atoms with Crippen LogP contribution in [0.2, 0.25) is 0 Å². The van der Waals surface area contributed by atoms with E-state index in [1.165, 1.54) is 11.8 Å². The summed E-state index contributed by atoms with van der Waals surface area (Å²) in [5.41, 5.74) is 4.09. The summed E-state index contributed by atoms with van der Waals surface area (Å²) in [4.78, 5) is 34.3. The highest BCUT2D eigenvalue weighted by atomic mass is 32.2. The normalized spacial score (nSPS) is 11.1. The molecule has 0 aliphatic heterocycles. The first-order valence-electron chi connectivity index (χ1n) is 10.7. The second-order valence-corrected chi connectivity index (χ2v) is 8.78. The Morgan fingerprint density at radius 1 is 1.09 bits per heavy atom. The highest BCUT2D eigenvalue weighted by Gasteiger charge is 2.18. The predicted octanol–water partition coefficient (Wildman–Crippen LogP) is 4.91. The summed E-state index contributed by atoms with van der Waals surface area (Å²) in [6.07, 6.45) is 0. The molecule has 0 spiro atoms. The number of benzene rings is 3. The number of nitrogens with zero attached hydrogens (tertiary/aromatic N) is 2. The van der Waals surface area contributed by atoms with Gasteiger partial charge in [0.25, 0.3) is 5.56 Å². The van der Waals surface area contributed by atoms with Gasteiger partial charge in [-0.15, -0.1) is 0 Å². The molecule has 5 rings (SSSR count). The third-order valence-electron chi connectivity index (χ3n) is 5.47. The van der Waals surface area contributed by atoms with Crippen LogP contribution in [0.25, 0.3) is 27.6 Å². The van der Waals surface area contributed by atoms with Crippen LogP contribution in [0.3, 0.4) is 0 Å². The molecule has 0 atom stereocenters. The third-order valence-corrected chi connectivity index (χ3v) is 6.41. The largest absolute Gasteiger partial charge is 0.497 e. The second-order valence-electron chi connectivity index (χ2n) is 7.83. The smallest absolute Gasteiger partial charge is 0.283 e. The molecule has 0 aliphatic rings. The standard InChI is InChI=1S/C26H22N4O3S/c1-16-10-12-18(13-11-16)30-25(32)24-23(20-8-3-4-9-21(20)28-24)29-26(30)34-15-22(31)27-17-6-5-7-19(14-17)33-2/h3-14,28H,15H2,1-2H3,(H,27,31). The molecule has 0 unspecified atom stereocenters. The van der Waals surface area contributed by atoms with Gasteiger partial charge in [0.05, 0.1) is 18.6 Å². The zero-order valence-corrected chi connectivity index (χ0v) is 19.5. The fourth-order valence-corrected chi connectivity index (χ4v) is 4.59. The van der Waals surface area contributed by atoms with Crippen LogP contribution in [0, 0.1) is 6.92 Å². The van der Waals surface area contributed by atoms with E-state index in [0.29, 0.717) is 33.3 Å². The Bertz CT molecular complexity index is 1570. The van der Waals surface area contributed by atoms with E-state index in [2.05, 4.69) is 10.3 Å². The highest BCUT2D eigenvalue weighted by Crippen LogP contribution is 2.26. The first-order chi connectivity index (χ1) is 16.5. The van der Waals surface area contributed by atoms with Gasteiger partial charge < -0.3 is 15.0 Å². The van der Waals surface area contributed by atoms with Crippen molar-refractivity contribution >= 4 is 45.3 Å². The third kappa shape index (κ3) is 4.15. The number of thioether (sulfide) groups is 1. The molecule has 7 nitrogen and oxygen atoms in total. The maximum Gasteiger partial charge on any atom is 0.283 e. The van der Waals surface area contributed by atoms with Crippen molar-refractivity contribution in [3.8, 4) is 11.4 Å². The number of H-pyrrole nitrogens is 1. The van der Waals surface area contributed by atoms with Crippen LogP contribution in [0.4, 0.5) is 5.69 Å². The molecule has 0 aliphatic carbocycles. The Kier molecular flexibility index (Phi) is 5.81. The van der Waals surface area contributed by atoms with Crippen molar-refractivity contribution in [3.05, 3.63) is 88.7 Å². The monoisotopic (exact) mass is 470 g/mol. The van der Waals surface area contributed by atoms with Crippen molar-refractivity contribution in [3.63, 3.8) is 0 Å². The van der Waals surface area contributed by atoms with Gasteiger partial charge in [-0.25, -0.2) is 4.98 Å². The van der Waals surface area contributed by atoms with Gasteiger partial charge in [0.15, 0.2) is 5.16 Å². The zero-order valence-electron chi connectivity index (χ0n) is 18.7. The number of fused-ring (bicyclic) bond motifs is 3. The number of nitrogens with one attached hydrogen (secondary N) is 2. The average molecular weight is 471 g/mol. The number of aromatic amines is 1. The number of aryl methyl sites for hydroxylation is 1. The van der Waals surface area contributed by atoms with E-state index in [0.717, 1.165) is 16.5 Å². The molecular weight excluding hydrogens is 448 g/mol. The maximum absolute atomic E-state index is 13.6. The van der Waals surface area contributed by atoms with Gasteiger partial charge in [-0.05, 0) is 37.3 Å². The minimum atomic E-state index is -0.208. The maximum atomic E-state index is 13.6. The van der Waals surface area contributed by atoms with E-state index in [4.69, 9.17) is 9.72 Å². The summed E-state index contributed by atoms with van der Waals surface area (Å²) in [6, 6.07) is 22.5. The summed E-state index contributed by atoms with van der Waals surface area (Å²) < 4.78 is 6.77. The van der Waals surface area contributed by atoms with E-state index < -0.39 is 0 Å². The molecule has 3 aromatic carbocycles. The molecule has 2 N–H and O–H groups in total. The molecule has 0 saturated heterocycles. The van der Waals surface area contributed by atoms with Crippen LogP contribution in [0.1, 0.15) is 5.56 Å². The quantitative estimate of drug-likeness (QED) is 0.272. The van der Waals surface area contributed by atoms with Gasteiger partial charge in [-0.1, -0.05) is 53.7 Å². The first-order valence-corrected chi connectivity index (χ1v) is 11.7. The number of para-hydroxylation sites is 1. The van der Waals surface area contributed by atoms with Gasteiger partial charge >= 0.3 is 0 Å². The number of amides is 1. The molecule has 0 saturated carbocycles. The first kappa shape index (κ1) is 21.8. The highest BCUT2D eigenvalue weighted by molar-refractivity contribution is 7.99. The van der Waals surface area contributed by atoms with Gasteiger partial charge in [-0.3, -0.25) is 14.2 Å². The number of hydrogen-bond acceptors (Lipinski definition) is 5. The number of anilines is 1. The Labute approximate surface area is 199 Å². The van der Waals surface area contributed by atoms with Gasteiger partial charge in [0.2, 0.25) is 5.91 Å². The Morgan fingerprint density at radius 2 is 1.88 bits per heavy atom. The number of hydrogen-bond donors (Lipinski definition) is 2. The molecular formula is C26H22N4O3S. The van der Waals surface area contributed by atoms with Crippen molar-refractivity contribution in [1.29, 1.82) is 0 Å². The Morgan fingerprint density at radius 3 is 2.68 bits per heavy atom. The molecule has 0 radical (unpaired) electrons. The van der Waals surface area contributed by atoms with Gasteiger partial charge in [0, 0.05) is 22.7 Å². The van der Waals surface area contributed by atoms with Crippen LogP contribution >= 0.6 is 11.8 Å². The topological polar surface area (TPSA) is 89.0 Å². The molecule has 2 heterocycles. The number of rotatable bonds is 6. The number of ether oxygens (including phenoxy) is 1. The molecule has 5 aromatic rings. The summed E-state index contributed by atoms with van der Waals surface area (Å²) in [7, 11) is 1.58. The minimum Gasteiger partial charge on any atom is -0.497 e. The van der Waals surface area contributed by atoms with Crippen LogP contribution < -0.4 is 15.6 Å². The van der Waals surface area contributed by atoms with Crippen molar-refractivity contribution in [2.24, 2.45) is 0 Å². The number of carbonyl (C=O) groups is 1. The summed E-state index contributed by atoms with van der Waals surface area (Å²) in [5.74, 6) is 0.538. The van der Waals surface area contributed by atoms with Crippen molar-refractivity contribution < 1.29 is 9.53 Å². The van der Waals surface area contributed by atoms with E-state index >= 15 is 0 Å². The van der Waals surface area contributed by atoms with Crippen molar-refractivity contribution in [1.82, 2.24) is 14.5 Å². The number of carbonyl (C=O) groups excluding carboxylic acids is 1. The average Bonchev–Trinajstić information content (AvgIpc) is 3.23. The fraction of sp³-hybridized carbons (Fsp3) is 0.115. The van der Waals surface area contributed by atoms with Crippen LogP contribution in [0.15, 0.2) is 82.7 Å². The molecule has 8 heteroatoms. The minimum absolute atomic E-state index is 0.0867. The van der Waals surface area contributed by atoms with Crippen LogP contribution in [-0.2, 0) is 4.79 Å². The summed E-state index contributed by atoms with van der Waals surface area (Å²) in [6.45, 7) is 1.99. The second kappa shape index (κ2) is 9.07. The molecule has 0 fully saturated rings. The Balaban J connectivity index is 1.53. The zero-order chi connectivity index (χ0) is 23.7. The predicted molar refractivity (Wildman–Crippen MR) is 136 cm³/mol. The lowest BCUT2D eigenvalue weighted by Crippen LogP contribution is -2.23. The SMILES string of the molecule is COc1cccc(NC(=O)CSc2nc3c([nH]c4ccccc43)c(=O)n2-c2ccc(C)cc2)c1. The molecule has 170 valence electrons. The lowest BCUT2D eigenvalue weighted by Gasteiger charge is -2.12. The van der Waals surface area contributed by atoms with E-state index in [1.807, 2.05) is 67.6 Å². The van der Waals surface area contributed by atoms with E-state index in [-0.39, 0.29) is 17.2 Å². The van der Waals surface area contributed by atoms with Crippen LogP contribution in [0.5, 0.6) is 5.75 Å². The Hall–Kier alpha value is -4.04. The summed E-state index contributed by atoms with van der Waals surface area (Å²) in [5, 5.41) is 4.19.